The van der Waals surface area contributed by atoms with E-state index in [0.29, 0.717) is 5.82 Å². The minimum Gasteiger partial charge on any atom is -0.228 e. The maximum atomic E-state index is 5.41. The second kappa shape index (κ2) is 13.1. The molecule has 0 radical (unpaired) electrons. The van der Waals surface area contributed by atoms with Crippen molar-refractivity contribution >= 4 is 42.3 Å². The van der Waals surface area contributed by atoms with Crippen LogP contribution in [0.15, 0.2) is 194 Å². The summed E-state index contributed by atoms with van der Waals surface area (Å²) in [4.78, 5) is 10.7. The Balaban J connectivity index is 1.20. The number of hydrogen-bond donors (Lipinski definition) is 0. The fraction of sp³-hybridized carbons (Fsp3) is 0. The summed E-state index contributed by atoms with van der Waals surface area (Å²) in [5, 5.41) is 5.00. The van der Waals surface area contributed by atoms with Crippen LogP contribution in [-0.4, -0.2) is 9.97 Å². The van der Waals surface area contributed by atoms with Crippen LogP contribution < -0.4 is 0 Å². The van der Waals surface area contributed by atoms with E-state index in [1.54, 1.807) is 0 Å². The average Bonchev–Trinajstić information content (AvgIpc) is 3.62. The molecule has 0 aliphatic carbocycles. The van der Waals surface area contributed by atoms with Crippen molar-refractivity contribution in [1.82, 2.24) is 9.97 Å². The predicted molar refractivity (Wildman–Crippen MR) is 225 cm³/mol. The van der Waals surface area contributed by atoms with Gasteiger partial charge in [0.05, 0.1) is 11.4 Å². The van der Waals surface area contributed by atoms with Gasteiger partial charge in [0.15, 0.2) is 5.82 Å². The molecule has 0 N–H and O–H groups in total. The van der Waals surface area contributed by atoms with E-state index in [1.807, 2.05) is 17.4 Å². The van der Waals surface area contributed by atoms with E-state index in [9.17, 15) is 0 Å². The first-order valence-corrected chi connectivity index (χ1v) is 18.7. The Hall–Kier alpha value is -6.68. The molecule has 2 heterocycles. The molecule has 0 fully saturated rings. The lowest BCUT2D eigenvalue weighted by molar-refractivity contribution is 1.18. The summed E-state index contributed by atoms with van der Waals surface area (Å²) in [6.45, 7) is 0. The number of benzene rings is 8. The van der Waals surface area contributed by atoms with Gasteiger partial charge in [0.25, 0.3) is 0 Å². The molecule has 53 heavy (non-hydrogen) atoms. The van der Waals surface area contributed by atoms with Gasteiger partial charge in [-0.15, -0.1) is 11.3 Å². The first-order valence-electron chi connectivity index (χ1n) is 17.9. The SMILES string of the molecule is c1ccc(-c2cc(-c3ccc4sc5ccccc5c4c3)cc(-c3cc(-c4ccccc4)nc(-c4ccccc4-c4cccc5ccccc45)n3)c2)cc1. The lowest BCUT2D eigenvalue weighted by atomic mass is 9.93. The summed E-state index contributed by atoms with van der Waals surface area (Å²) >= 11 is 1.85. The second-order valence-electron chi connectivity index (χ2n) is 13.4. The van der Waals surface area contributed by atoms with E-state index < -0.39 is 0 Å². The molecular formula is C50H32N2S. The van der Waals surface area contributed by atoms with E-state index >= 15 is 0 Å². The maximum Gasteiger partial charge on any atom is 0.161 e. The van der Waals surface area contributed by atoms with Crippen LogP contribution >= 0.6 is 11.3 Å². The monoisotopic (exact) mass is 692 g/mol. The Bertz CT molecular complexity index is 2940. The third-order valence-electron chi connectivity index (χ3n) is 10.1. The first kappa shape index (κ1) is 31.1. The van der Waals surface area contributed by atoms with E-state index in [0.717, 1.165) is 50.3 Å². The van der Waals surface area contributed by atoms with Crippen molar-refractivity contribution in [3.63, 3.8) is 0 Å². The molecule has 0 aliphatic rings. The molecule has 248 valence electrons. The second-order valence-corrected chi connectivity index (χ2v) is 14.5. The van der Waals surface area contributed by atoms with Crippen LogP contribution in [-0.2, 0) is 0 Å². The molecule has 2 aromatic heterocycles. The Morgan fingerprint density at radius 3 is 1.68 bits per heavy atom. The van der Waals surface area contributed by atoms with Crippen LogP contribution in [0.1, 0.15) is 0 Å². The van der Waals surface area contributed by atoms with E-state index in [2.05, 4.69) is 188 Å². The molecule has 0 saturated carbocycles. The van der Waals surface area contributed by atoms with Crippen molar-refractivity contribution in [2.45, 2.75) is 0 Å². The van der Waals surface area contributed by atoms with Crippen LogP contribution in [0.4, 0.5) is 0 Å². The predicted octanol–water partition coefficient (Wildman–Crippen LogP) is 14.0. The van der Waals surface area contributed by atoms with Crippen molar-refractivity contribution in [1.29, 1.82) is 0 Å². The molecule has 3 heteroatoms. The number of rotatable bonds is 6. The Morgan fingerprint density at radius 1 is 0.302 bits per heavy atom. The molecule has 0 atom stereocenters. The van der Waals surface area contributed by atoms with Crippen LogP contribution in [0, 0.1) is 0 Å². The van der Waals surface area contributed by atoms with Gasteiger partial charge in [0.2, 0.25) is 0 Å². The normalized spacial score (nSPS) is 11.4. The third-order valence-corrected chi connectivity index (χ3v) is 11.2. The topological polar surface area (TPSA) is 25.8 Å². The summed E-state index contributed by atoms with van der Waals surface area (Å²) in [6, 6.07) is 69.2. The summed E-state index contributed by atoms with van der Waals surface area (Å²) in [6.07, 6.45) is 0. The first-order chi connectivity index (χ1) is 26.2. The van der Waals surface area contributed by atoms with E-state index in [1.165, 1.54) is 42.1 Å². The number of aromatic nitrogens is 2. The van der Waals surface area contributed by atoms with Gasteiger partial charge >= 0.3 is 0 Å². The molecule has 10 rings (SSSR count). The van der Waals surface area contributed by atoms with Gasteiger partial charge in [-0.25, -0.2) is 9.97 Å². The van der Waals surface area contributed by atoms with Gasteiger partial charge in [-0.05, 0) is 86.6 Å². The van der Waals surface area contributed by atoms with Crippen LogP contribution in [0.3, 0.4) is 0 Å². The average molecular weight is 693 g/mol. The molecule has 0 saturated heterocycles. The summed E-state index contributed by atoms with van der Waals surface area (Å²) in [5.74, 6) is 0.697. The highest BCUT2D eigenvalue weighted by atomic mass is 32.1. The Kier molecular flexibility index (Phi) is 7.71. The van der Waals surface area contributed by atoms with Gasteiger partial charge < -0.3 is 0 Å². The molecule has 0 spiro atoms. The molecular weight excluding hydrogens is 661 g/mol. The molecule has 8 aromatic carbocycles. The highest BCUT2D eigenvalue weighted by Crippen LogP contribution is 2.40. The quantitative estimate of drug-likeness (QED) is 0.173. The summed E-state index contributed by atoms with van der Waals surface area (Å²) in [5.41, 5.74) is 11.8. The lowest BCUT2D eigenvalue weighted by Crippen LogP contribution is -1.98. The maximum absolute atomic E-state index is 5.41. The van der Waals surface area contributed by atoms with Gasteiger partial charge in [-0.3, -0.25) is 0 Å². The summed E-state index contributed by atoms with van der Waals surface area (Å²) in [7, 11) is 0. The van der Waals surface area contributed by atoms with Crippen molar-refractivity contribution in [2.24, 2.45) is 0 Å². The number of thiophene rings is 1. The zero-order valence-corrected chi connectivity index (χ0v) is 29.6. The summed E-state index contributed by atoms with van der Waals surface area (Å²) < 4.78 is 2.61. The van der Waals surface area contributed by atoms with Crippen LogP contribution in [0.2, 0.25) is 0 Å². The minimum absolute atomic E-state index is 0.697. The Morgan fingerprint density at radius 2 is 0.868 bits per heavy atom. The zero-order valence-electron chi connectivity index (χ0n) is 28.8. The standard InChI is InChI=1S/C50H32N2S/c1-3-14-33(15-4-1)37-28-38(36-26-27-49-45(31-36)43-22-11-12-25-48(43)53-49)30-39(29-37)47-32-46(35-17-5-2-6-18-35)51-50(52-47)44-23-10-9-21-42(44)41-24-13-19-34-16-7-8-20-40(34)41/h1-32H. The smallest absolute Gasteiger partial charge is 0.161 e. The fourth-order valence-electron chi connectivity index (χ4n) is 7.49. The van der Waals surface area contributed by atoms with Crippen molar-refractivity contribution in [3.05, 3.63) is 194 Å². The Labute approximate surface area is 312 Å². The third kappa shape index (κ3) is 5.78. The van der Waals surface area contributed by atoms with Gasteiger partial charge in [-0.1, -0.05) is 152 Å². The number of hydrogen-bond acceptors (Lipinski definition) is 3. The highest BCUT2D eigenvalue weighted by molar-refractivity contribution is 7.25. The molecule has 10 aromatic rings. The van der Waals surface area contributed by atoms with Crippen LogP contribution in [0.25, 0.3) is 98.2 Å². The van der Waals surface area contributed by atoms with Gasteiger partial charge in [0.1, 0.15) is 0 Å². The van der Waals surface area contributed by atoms with E-state index in [-0.39, 0.29) is 0 Å². The minimum atomic E-state index is 0.697. The van der Waals surface area contributed by atoms with Crippen molar-refractivity contribution in [3.8, 4) is 67.3 Å². The largest absolute Gasteiger partial charge is 0.228 e. The molecule has 2 nitrogen and oxygen atoms in total. The van der Waals surface area contributed by atoms with Crippen molar-refractivity contribution in [2.75, 3.05) is 0 Å². The highest BCUT2D eigenvalue weighted by Gasteiger charge is 2.17. The fourth-order valence-corrected chi connectivity index (χ4v) is 8.58. The molecule has 0 amide bonds. The number of fused-ring (bicyclic) bond motifs is 4. The number of nitrogens with zero attached hydrogens (tertiary/aromatic N) is 2. The zero-order chi connectivity index (χ0) is 35.1. The van der Waals surface area contributed by atoms with Gasteiger partial charge in [-0.2, -0.15) is 0 Å². The molecule has 0 unspecified atom stereocenters. The van der Waals surface area contributed by atoms with E-state index in [4.69, 9.17) is 9.97 Å². The molecule has 0 aliphatic heterocycles. The van der Waals surface area contributed by atoms with Crippen molar-refractivity contribution < 1.29 is 0 Å². The van der Waals surface area contributed by atoms with Gasteiger partial charge in [0, 0.05) is 36.9 Å². The molecule has 0 bridgehead atoms. The lowest BCUT2D eigenvalue weighted by Gasteiger charge is -2.15. The van der Waals surface area contributed by atoms with Crippen LogP contribution in [0.5, 0.6) is 0 Å².